The van der Waals surface area contributed by atoms with Gasteiger partial charge >= 0.3 is 5.97 Å². The van der Waals surface area contributed by atoms with Gasteiger partial charge in [0.1, 0.15) is 11.5 Å². The van der Waals surface area contributed by atoms with Gasteiger partial charge in [-0.3, -0.25) is 19.4 Å². The number of aromatic nitrogens is 3. The topological polar surface area (TPSA) is 102 Å². The number of ketones is 1. The second-order valence-electron chi connectivity index (χ2n) is 5.00. The quantitative estimate of drug-likeness (QED) is 0.372. The molecule has 0 aromatic carbocycles. The number of carbonyl (C=O) groups is 2. The monoisotopic (exact) mass is 341 g/mol. The number of hydrogen-bond acceptors (Lipinski definition) is 7. The number of ether oxygens (including phenoxy) is 1. The third kappa shape index (κ3) is 7.92. The number of unbranched alkanes of at least 4 members (excludes halogenated alkanes) is 2. The molecule has 1 rings (SSSR count). The van der Waals surface area contributed by atoms with Crippen LogP contribution in [0.3, 0.4) is 0 Å². The van der Waals surface area contributed by atoms with Gasteiger partial charge in [0.15, 0.2) is 5.16 Å². The summed E-state index contributed by atoms with van der Waals surface area (Å²) in [6, 6.07) is 0. The molecule has 1 heterocycles. The second-order valence-corrected chi connectivity index (χ2v) is 5.96. The Morgan fingerprint density at radius 3 is 2.61 bits per heavy atom. The van der Waals surface area contributed by atoms with E-state index in [0.29, 0.717) is 19.4 Å². The standard InChI is InChI=1S/C15H23N3O4S/c1-3-5-6-7-11(19)8-9-12-14(21)16-15(18-17-12)23-10-13(20)22-4-2/h3-10H2,1-2H3,(H,16,18,21). The van der Waals surface area contributed by atoms with Crippen molar-refractivity contribution in [2.24, 2.45) is 0 Å². The van der Waals surface area contributed by atoms with Gasteiger partial charge in [-0.2, -0.15) is 0 Å². The second kappa shape index (κ2) is 10.9. The molecule has 0 aliphatic heterocycles. The van der Waals surface area contributed by atoms with Gasteiger partial charge in [-0.05, 0) is 13.3 Å². The Bertz CT molecular complexity index is 574. The van der Waals surface area contributed by atoms with Gasteiger partial charge in [0, 0.05) is 19.3 Å². The molecule has 0 spiro atoms. The summed E-state index contributed by atoms with van der Waals surface area (Å²) in [5, 5.41) is 7.98. The Morgan fingerprint density at radius 2 is 1.96 bits per heavy atom. The van der Waals surface area contributed by atoms with Crippen molar-refractivity contribution in [1.29, 1.82) is 0 Å². The third-order valence-electron chi connectivity index (χ3n) is 3.08. The summed E-state index contributed by atoms with van der Waals surface area (Å²) < 4.78 is 4.79. The van der Waals surface area contributed by atoms with E-state index in [1.807, 2.05) is 0 Å². The van der Waals surface area contributed by atoms with E-state index in [-0.39, 0.29) is 40.3 Å². The van der Waals surface area contributed by atoms with Crippen LogP contribution in [-0.4, -0.2) is 39.3 Å². The van der Waals surface area contributed by atoms with Crippen LogP contribution in [0.1, 0.15) is 51.6 Å². The van der Waals surface area contributed by atoms with E-state index in [1.165, 1.54) is 0 Å². The fraction of sp³-hybridized carbons (Fsp3) is 0.667. The van der Waals surface area contributed by atoms with E-state index in [2.05, 4.69) is 22.1 Å². The lowest BCUT2D eigenvalue weighted by Gasteiger charge is -2.02. The summed E-state index contributed by atoms with van der Waals surface area (Å²) in [6.45, 7) is 4.12. The van der Waals surface area contributed by atoms with E-state index >= 15 is 0 Å². The Kier molecular flexibility index (Phi) is 9.20. The minimum Gasteiger partial charge on any atom is -0.465 e. The summed E-state index contributed by atoms with van der Waals surface area (Å²) in [5.41, 5.74) is -0.123. The average molecular weight is 341 g/mol. The zero-order chi connectivity index (χ0) is 17.1. The first-order chi connectivity index (χ1) is 11.1. The van der Waals surface area contributed by atoms with Crippen LogP contribution in [0.5, 0.6) is 0 Å². The summed E-state index contributed by atoms with van der Waals surface area (Å²) in [4.78, 5) is 37.4. The van der Waals surface area contributed by atoms with E-state index < -0.39 is 0 Å². The highest BCUT2D eigenvalue weighted by Crippen LogP contribution is 2.10. The molecule has 0 saturated heterocycles. The van der Waals surface area contributed by atoms with Crippen LogP contribution < -0.4 is 5.56 Å². The van der Waals surface area contributed by atoms with Crippen LogP contribution in [0, 0.1) is 0 Å². The average Bonchev–Trinajstić information content (AvgIpc) is 2.52. The fourth-order valence-electron chi connectivity index (χ4n) is 1.86. The largest absolute Gasteiger partial charge is 0.465 e. The number of H-pyrrole nitrogens is 1. The van der Waals surface area contributed by atoms with Gasteiger partial charge < -0.3 is 4.74 Å². The minimum absolute atomic E-state index is 0.0632. The molecule has 0 radical (unpaired) electrons. The van der Waals surface area contributed by atoms with Crippen molar-refractivity contribution in [3.63, 3.8) is 0 Å². The molecule has 0 fully saturated rings. The molecular formula is C15H23N3O4S. The normalized spacial score (nSPS) is 10.5. The Morgan fingerprint density at radius 1 is 1.17 bits per heavy atom. The predicted molar refractivity (Wildman–Crippen MR) is 87.5 cm³/mol. The number of esters is 1. The van der Waals surface area contributed by atoms with Crippen LogP contribution in [-0.2, 0) is 20.7 Å². The van der Waals surface area contributed by atoms with E-state index in [4.69, 9.17) is 4.74 Å². The molecule has 0 aliphatic rings. The molecule has 0 amide bonds. The number of aromatic amines is 1. The van der Waals surface area contributed by atoms with Crippen molar-refractivity contribution in [3.05, 3.63) is 16.0 Å². The minimum atomic E-state index is -0.373. The third-order valence-corrected chi connectivity index (χ3v) is 3.91. The molecule has 0 saturated carbocycles. The highest BCUT2D eigenvalue weighted by Gasteiger charge is 2.10. The van der Waals surface area contributed by atoms with Gasteiger partial charge in [0.05, 0.1) is 12.4 Å². The van der Waals surface area contributed by atoms with Gasteiger partial charge in [-0.1, -0.05) is 31.5 Å². The molecule has 1 aromatic heterocycles. The number of hydrogen-bond donors (Lipinski definition) is 1. The lowest BCUT2D eigenvalue weighted by atomic mass is 10.1. The summed E-state index contributed by atoms with van der Waals surface area (Å²) in [5.74, 6) is -0.171. The van der Waals surface area contributed by atoms with E-state index in [9.17, 15) is 14.4 Å². The molecule has 23 heavy (non-hydrogen) atoms. The number of nitrogens with one attached hydrogen (secondary N) is 1. The first-order valence-corrected chi connectivity index (χ1v) is 8.81. The molecule has 0 aliphatic carbocycles. The molecule has 0 atom stereocenters. The van der Waals surface area contributed by atoms with Crippen molar-refractivity contribution in [2.75, 3.05) is 12.4 Å². The molecule has 128 valence electrons. The fourth-order valence-corrected chi connectivity index (χ4v) is 2.46. The number of nitrogens with zero attached hydrogens (tertiary/aromatic N) is 2. The predicted octanol–water partition coefficient (Wildman–Crippen LogP) is 1.90. The van der Waals surface area contributed by atoms with Crippen molar-refractivity contribution >= 4 is 23.5 Å². The lowest BCUT2D eigenvalue weighted by molar-refractivity contribution is -0.139. The Balaban J connectivity index is 2.45. The van der Waals surface area contributed by atoms with Crippen molar-refractivity contribution in [3.8, 4) is 0 Å². The van der Waals surface area contributed by atoms with Crippen molar-refractivity contribution in [1.82, 2.24) is 15.2 Å². The van der Waals surface area contributed by atoms with Crippen LogP contribution in [0.15, 0.2) is 9.95 Å². The maximum atomic E-state index is 11.9. The molecule has 7 nitrogen and oxygen atoms in total. The lowest BCUT2D eigenvalue weighted by Crippen LogP contribution is -2.19. The number of rotatable bonds is 11. The maximum Gasteiger partial charge on any atom is 0.316 e. The molecule has 0 bridgehead atoms. The zero-order valence-electron chi connectivity index (χ0n) is 13.6. The van der Waals surface area contributed by atoms with Gasteiger partial charge in [-0.25, -0.2) is 0 Å². The first kappa shape index (κ1) is 19.3. The van der Waals surface area contributed by atoms with Gasteiger partial charge in [0.2, 0.25) is 0 Å². The number of Topliss-reactive ketones (excluding diaryl/α,β-unsaturated/α-hetero) is 1. The molecule has 0 unspecified atom stereocenters. The summed E-state index contributed by atoms with van der Waals surface area (Å²) in [7, 11) is 0. The molecule has 8 heteroatoms. The van der Waals surface area contributed by atoms with Crippen LogP contribution >= 0.6 is 11.8 Å². The molecule has 1 aromatic rings. The summed E-state index contributed by atoms with van der Waals surface area (Å²) in [6.07, 6.45) is 4.14. The van der Waals surface area contributed by atoms with Gasteiger partial charge in [0.25, 0.3) is 5.56 Å². The van der Waals surface area contributed by atoms with Crippen molar-refractivity contribution < 1.29 is 14.3 Å². The van der Waals surface area contributed by atoms with E-state index in [0.717, 1.165) is 31.0 Å². The Hall–Kier alpha value is -1.70. The summed E-state index contributed by atoms with van der Waals surface area (Å²) >= 11 is 1.06. The van der Waals surface area contributed by atoms with Gasteiger partial charge in [-0.15, -0.1) is 10.2 Å². The zero-order valence-corrected chi connectivity index (χ0v) is 14.4. The van der Waals surface area contributed by atoms with Crippen LogP contribution in [0.25, 0.3) is 0 Å². The van der Waals surface area contributed by atoms with Crippen LogP contribution in [0.2, 0.25) is 0 Å². The molecule has 1 N–H and O–H groups in total. The number of thioether (sulfide) groups is 1. The molecular weight excluding hydrogens is 318 g/mol. The number of carbonyl (C=O) groups excluding carboxylic acids is 2. The van der Waals surface area contributed by atoms with Crippen LogP contribution in [0.4, 0.5) is 0 Å². The Labute approximate surface area is 139 Å². The first-order valence-electron chi connectivity index (χ1n) is 7.82. The highest BCUT2D eigenvalue weighted by molar-refractivity contribution is 7.99. The maximum absolute atomic E-state index is 11.9. The van der Waals surface area contributed by atoms with Crippen molar-refractivity contribution in [2.45, 2.75) is 57.5 Å². The SMILES string of the molecule is CCCCCC(=O)CCc1nnc(SCC(=O)OCC)[nH]c1=O. The van der Waals surface area contributed by atoms with E-state index in [1.54, 1.807) is 6.92 Å². The smallest absolute Gasteiger partial charge is 0.316 e. The number of aryl methyl sites for hydroxylation is 1. The highest BCUT2D eigenvalue weighted by atomic mass is 32.2.